The molecule has 0 spiro atoms. The van der Waals surface area contributed by atoms with Gasteiger partial charge in [0.15, 0.2) is 0 Å². The zero-order chi connectivity index (χ0) is 12.3. The molecular formula is C11H13BrCl2O2. The molecular weight excluding hydrogens is 315 g/mol. The van der Waals surface area contributed by atoms with Crippen LogP contribution in [0.2, 0.25) is 0 Å². The van der Waals surface area contributed by atoms with Crippen molar-refractivity contribution in [1.29, 1.82) is 0 Å². The number of alkyl halides is 2. The van der Waals surface area contributed by atoms with Gasteiger partial charge in [0.2, 0.25) is 0 Å². The van der Waals surface area contributed by atoms with E-state index >= 15 is 0 Å². The lowest BCUT2D eigenvalue weighted by Gasteiger charge is -2.19. The molecule has 0 saturated heterocycles. The van der Waals surface area contributed by atoms with Gasteiger partial charge in [-0.3, -0.25) is 0 Å². The first-order valence-corrected chi connectivity index (χ1v) is 6.50. The minimum Gasteiger partial charge on any atom is -0.491 e. The Bertz CT molecular complexity index is 356. The van der Waals surface area contributed by atoms with E-state index < -0.39 is 10.9 Å². The molecule has 90 valence electrons. The molecule has 0 amide bonds. The summed E-state index contributed by atoms with van der Waals surface area (Å²) >= 11 is 14.7. The summed E-state index contributed by atoms with van der Waals surface area (Å²) in [5.74, 6) is 0.586. The van der Waals surface area contributed by atoms with Crippen molar-refractivity contribution in [3.8, 4) is 5.75 Å². The van der Waals surface area contributed by atoms with Crippen LogP contribution >= 0.6 is 39.1 Å². The number of ether oxygens (including phenoxy) is 1. The van der Waals surface area contributed by atoms with Gasteiger partial charge < -0.3 is 9.84 Å². The molecule has 0 aliphatic rings. The van der Waals surface area contributed by atoms with Gasteiger partial charge in [-0.05, 0) is 26.0 Å². The van der Waals surface area contributed by atoms with E-state index in [0.717, 1.165) is 4.47 Å². The smallest absolute Gasteiger partial charge is 0.137 e. The average molecular weight is 328 g/mol. The molecule has 16 heavy (non-hydrogen) atoms. The highest BCUT2D eigenvalue weighted by molar-refractivity contribution is 9.10. The van der Waals surface area contributed by atoms with E-state index in [4.69, 9.17) is 27.9 Å². The van der Waals surface area contributed by atoms with E-state index in [0.29, 0.717) is 11.3 Å². The molecule has 1 aromatic rings. The molecule has 1 rings (SSSR count). The number of hydrogen-bond donors (Lipinski definition) is 1. The SMILES string of the molecule is CC(C)Oc1cc(Br)ccc1C(O)C(Cl)Cl. The summed E-state index contributed by atoms with van der Waals surface area (Å²) in [6.07, 6.45) is -0.936. The molecule has 0 fully saturated rings. The third kappa shape index (κ3) is 3.81. The molecule has 5 heteroatoms. The monoisotopic (exact) mass is 326 g/mol. The van der Waals surface area contributed by atoms with Crippen LogP contribution in [0.1, 0.15) is 25.5 Å². The number of aliphatic hydroxyl groups is 1. The molecule has 1 unspecified atom stereocenters. The van der Waals surface area contributed by atoms with Crippen molar-refractivity contribution >= 4 is 39.1 Å². The maximum Gasteiger partial charge on any atom is 0.137 e. The van der Waals surface area contributed by atoms with E-state index in [-0.39, 0.29) is 6.10 Å². The van der Waals surface area contributed by atoms with E-state index in [9.17, 15) is 5.11 Å². The highest BCUT2D eigenvalue weighted by Gasteiger charge is 2.20. The first kappa shape index (κ1) is 14.1. The predicted molar refractivity (Wildman–Crippen MR) is 70.4 cm³/mol. The van der Waals surface area contributed by atoms with Crippen molar-refractivity contribution in [3.63, 3.8) is 0 Å². The molecule has 0 aromatic heterocycles. The molecule has 1 N–H and O–H groups in total. The summed E-state index contributed by atoms with van der Waals surface area (Å²) in [4.78, 5) is -0.879. The van der Waals surface area contributed by atoms with Gasteiger partial charge in [-0.1, -0.05) is 22.0 Å². The van der Waals surface area contributed by atoms with Crippen LogP contribution in [0, 0.1) is 0 Å². The first-order valence-electron chi connectivity index (χ1n) is 4.84. The molecule has 0 aliphatic heterocycles. The van der Waals surface area contributed by atoms with Crippen molar-refractivity contribution in [1.82, 2.24) is 0 Å². The fourth-order valence-electron chi connectivity index (χ4n) is 1.24. The second kappa shape index (κ2) is 6.10. The van der Waals surface area contributed by atoms with Crippen LogP contribution in [0.15, 0.2) is 22.7 Å². The third-order valence-electron chi connectivity index (χ3n) is 1.90. The fraction of sp³-hybridized carbons (Fsp3) is 0.455. The topological polar surface area (TPSA) is 29.5 Å². The maximum atomic E-state index is 9.82. The van der Waals surface area contributed by atoms with Crippen LogP contribution in [0.25, 0.3) is 0 Å². The number of hydrogen-bond acceptors (Lipinski definition) is 2. The lowest BCUT2D eigenvalue weighted by atomic mass is 10.1. The molecule has 2 nitrogen and oxygen atoms in total. The molecule has 0 aliphatic carbocycles. The molecule has 1 atom stereocenters. The van der Waals surface area contributed by atoms with E-state index in [1.165, 1.54) is 0 Å². The summed E-state index contributed by atoms with van der Waals surface area (Å²) in [5.41, 5.74) is 0.590. The van der Waals surface area contributed by atoms with Gasteiger partial charge in [0.1, 0.15) is 16.7 Å². The lowest BCUT2D eigenvalue weighted by Crippen LogP contribution is -2.12. The lowest BCUT2D eigenvalue weighted by molar-refractivity contribution is 0.177. The largest absolute Gasteiger partial charge is 0.491 e. The molecule has 0 heterocycles. The third-order valence-corrected chi connectivity index (χ3v) is 2.87. The average Bonchev–Trinajstić information content (AvgIpc) is 2.15. The molecule has 0 radical (unpaired) electrons. The van der Waals surface area contributed by atoms with Crippen molar-refractivity contribution in [2.45, 2.75) is 30.9 Å². The Balaban J connectivity index is 3.06. The normalized spacial score (nSPS) is 13.2. The standard InChI is InChI=1S/C11H13BrCl2O2/c1-6(2)16-9-5-7(12)3-4-8(9)10(15)11(13)14/h3-6,10-11,15H,1-2H3. The van der Waals surface area contributed by atoms with Gasteiger partial charge in [-0.2, -0.15) is 0 Å². The number of halogens is 3. The van der Waals surface area contributed by atoms with Crippen LogP contribution in [-0.2, 0) is 0 Å². The Kier molecular flexibility index (Phi) is 5.38. The predicted octanol–water partition coefficient (Wildman–Crippen LogP) is 4.07. The van der Waals surface area contributed by atoms with Gasteiger partial charge in [-0.15, -0.1) is 23.2 Å². The van der Waals surface area contributed by atoms with Crippen molar-refractivity contribution in [2.75, 3.05) is 0 Å². The summed E-state index contributed by atoms with van der Waals surface area (Å²) in [6.45, 7) is 3.83. The van der Waals surface area contributed by atoms with Gasteiger partial charge >= 0.3 is 0 Å². The van der Waals surface area contributed by atoms with E-state index in [1.807, 2.05) is 19.9 Å². The van der Waals surface area contributed by atoms with Crippen molar-refractivity contribution < 1.29 is 9.84 Å². The first-order chi connectivity index (χ1) is 7.41. The van der Waals surface area contributed by atoms with E-state index in [2.05, 4.69) is 15.9 Å². The quantitative estimate of drug-likeness (QED) is 0.844. The molecule has 0 bridgehead atoms. The summed E-state index contributed by atoms with van der Waals surface area (Å²) in [6, 6.07) is 5.33. The van der Waals surface area contributed by atoms with E-state index in [1.54, 1.807) is 12.1 Å². The Hall–Kier alpha value is 0.0400. The zero-order valence-electron chi connectivity index (χ0n) is 8.95. The summed E-state index contributed by atoms with van der Waals surface area (Å²) in [7, 11) is 0. The Labute approximate surface area is 114 Å². The number of benzene rings is 1. The minimum atomic E-state index is -0.954. The van der Waals surface area contributed by atoms with Gasteiger partial charge in [0.05, 0.1) is 6.10 Å². The Morgan fingerprint density at radius 3 is 2.44 bits per heavy atom. The van der Waals surface area contributed by atoms with Crippen LogP contribution in [0.4, 0.5) is 0 Å². The highest BCUT2D eigenvalue weighted by Crippen LogP contribution is 2.33. The maximum absolute atomic E-state index is 9.82. The van der Waals surface area contributed by atoms with Crippen molar-refractivity contribution in [2.24, 2.45) is 0 Å². The van der Waals surface area contributed by atoms with Crippen LogP contribution in [-0.4, -0.2) is 16.0 Å². The highest BCUT2D eigenvalue weighted by atomic mass is 79.9. The fourth-order valence-corrected chi connectivity index (χ4v) is 1.86. The number of rotatable bonds is 4. The molecule has 0 saturated carbocycles. The Morgan fingerprint density at radius 2 is 1.94 bits per heavy atom. The van der Waals surface area contributed by atoms with Gasteiger partial charge in [0.25, 0.3) is 0 Å². The minimum absolute atomic E-state index is 0.0179. The van der Waals surface area contributed by atoms with Crippen LogP contribution < -0.4 is 4.74 Å². The summed E-state index contributed by atoms with van der Waals surface area (Å²) < 4.78 is 6.46. The second-order valence-corrected chi connectivity index (χ2v) is 5.71. The Morgan fingerprint density at radius 1 is 1.31 bits per heavy atom. The van der Waals surface area contributed by atoms with Gasteiger partial charge in [0, 0.05) is 10.0 Å². The van der Waals surface area contributed by atoms with Crippen LogP contribution in [0.5, 0.6) is 5.75 Å². The van der Waals surface area contributed by atoms with Crippen LogP contribution in [0.3, 0.4) is 0 Å². The number of aliphatic hydroxyl groups excluding tert-OH is 1. The molecule has 1 aromatic carbocycles. The summed E-state index contributed by atoms with van der Waals surface area (Å²) in [5, 5.41) is 9.82. The second-order valence-electron chi connectivity index (χ2n) is 3.63. The van der Waals surface area contributed by atoms with Crippen molar-refractivity contribution in [3.05, 3.63) is 28.2 Å². The van der Waals surface area contributed by atoms with Gasteiger partial charge in [-0.25, -0.2) is 0 Å². The zero-order valence-corrected chi connectivity index (χ0v) is 12.1.